The highest BCUT2D eigenvalue weighted by Gasteiger charge is 2.19. The minimum Gasteiger partial charge on any atom is -0.355 e. The zero-order valence-electron chi connectivity index (χ0n) is 10.3. The normalized spacial score (nSPS) is 11.6. The average molecular weight is 306 g/mol. The predicted molar refractivity (Wildman–Crippen MR) is 74.9 cm³/mol. The fraction of sp³-hybridized carbons (Fsp3) is 0.0769. The van der Waals surface area contributed by atoms with Gasteiger partial charge in [0.15, 0.2) is 10.8 Å². The van der Waals surface area contributed by atoms with E-state index in [1.54, 1.807) is 18.2 Å². The molecule has 5 nitrogen and oxygen atoms in total. The van der Waals surface area contributed by atoms with Gasteiger partial charge >= 0.3 is 0 Å². The van der Waals surface area contributed by atoms with Crippen molar-refractivity contribution < 1.29 is 12.9 Å². The van der Waals surface area contributed by atoms with Crippen LogP contribution in [0.3, 0.4) is 0 Å². The molecule has 102 valence electrons. The van der Waals surface area contributed by atoms with Gasteiger partial charge in [-0.15, -0.1) is 11.3 Å². The lowest BCUT2D eigenvalue weighted by Crippen LogP contribution is -2.06. The lowest BCUT2D eigenvalue weighted by atomic mass is 10.3. The van der Waals surface area contributed by atoms with Crippen LogP contribution in [0.15, 0.2) is 57.5 Å². The van der Waals surface area contributed by atoms with Crippen molar-refractivity contribution in [1.29, 1.82) is 0 Å². The third-order valence-electron chi connectivity index (χ3n) is 2.62. The molecule has 0 saturated heterocycles. The first-order valence-corrected chi connectivity index (χ1v) is 8.31. The number of aromatic nitrogens is 2. The molecule has 0 amide bonds. The van der Waals surface area contributed by atoms with Crippen molar-refractivity contribution in [3.8, 4) is 10.6 Å². The molecule has 0 atom stereocenters. The second-order valence-electron chi connectivity index (χ2n) is 4.09. The number of hydrogen-bond donors (Lipinski definition) is 0. The number of pyridine rings is 1. The van der Waals surface area contributed by atoms with Gasteiger partial charge in [-0.1, -0.05) is 17.3 Å². The molecule has 0 saturated carbocycles. The Morgan fingerprint density at radius 1 is 1.20 bits per heavy atom. The first-order chi connectivity index (χ1) is 9.65. The molecule has 0 aromatic carbocycles. The summed E-state index contributed by atoms with van der Waals surface area (Å²) in [5, 5.41) is 5.77. The standard InChI is InChI=1S/C13H10N2O3S2/c16-20(17,13-5-1-2-6-14-13)9-10-8-11(18-15-10)12-4-3-7-19-12/h1-8H,9H2. The number of nitrogens with zero attached hydrogens (tertiary/aromatic N) is 2. The molecule has 20 heavy (non-hydrogen) atoms. The number of thiophene rings is 1. The Balaban J connectivity index is 1.85. The zero-order valence-corrected chi connectivity index (χ0v) is 11.9. The summed E-state index contributed by atoms with van der Waals surface area (Å²) in [6, 6.07) is 10.2. The Morgan fingerprint density at radius 2 is 2.10 bits per heavy atom. The van der Waals surface area contributed by atoms with Crippen molar-refractivity contribution in [3.05, 3.63) is 53.7 Å². The van der Waals surface area contributed by atoms with Crippen LogP contribution >= 0.6 is 11.3 Å². The molecule has 0 N–H and O–H groups in total. The van der Waals surface area contributed by atoms with Crippen LogP contribution in [0.2, 0.25) is 0 Å². The van der Waals surface area contributed by atoms with Gasteiger partial charge in [0.05, 0.1) is 10.6 Å². The third kappa shape index (κ3) is 2.63. The second kappa shape index (κ2) is 5.18. The summed E-state index contributed by atoms with van der Waals surface area (Å²) in [7, 11) is -3.50. The minimum absolute atomic E-state index is 0.0423. The molecule has 0 radical (unpaired) electrons. The Morgan fingerprint density at radius 3 is 2.80 bits per heavy atom. The lowest BCUT2D eigenvalue weighted by molar-refractivity contribution is 0.426. The van der Waals surface area contributed by atoms with Gasteiger partial charge in [-0.05, 0) is 23.6 Å². The molecule has 0 bridgehead atoms. The molecule has 3 rings (SSSR count). The highest BCUT2D eigenvalue weighted by molar-refractivity contribution is 7.90. The smallest absolute Gasteiger partial charge is 0.201 e. The van der Waals surface area contributed by atoms with Crippen LogP contribution in [-0.4, -0.2) is 18.6 Å². The third-order valence-corrected chi connectivity index (χ3v) is 5.06. The van der Waals surface area contributed by atoms with Crippen molar-refractivity contribution >= 4 is 21.2 Å². The van der Waals surface area contributed by atoms with E-state index in [1.807, 2.05) is 17.5 Å². The summed E-state index contributed by atoms with van der Waals surface area (Å²) >= 11 is 1.51. The maximum atomic E-state index is 12.2. The summed E-state index contributed by atoms with van der Waals surface area (Å²) in [4.78, 5) is 4.77. The van der Waals surface area contributed by atoms with E-state index in [0.717, 1.165) is 4.88 Å². The van der Waals surface area contributed by atoms with Gasteiger partial charge in [0.1, 0.15) is 5.75 Å². The van der Waals surface area contributed by atoms with Crippen molar-refractivity contribution in [2.24, 2.45) is 0 Å². The van der Waals surface area contributed by atoms with Gasteiger partial charge in [0.25, 0.3) is 0 Å². The van der Waals surface area contributed by atoms with Crippen molar-refractivity contribution in [2.45, 2.75) is 10.8 Å². The summed E-state index contributed by atoms with van der Waals surface area (Å²) < 4.78 is 29.5. The van der Waals surface area contributed by atoms with Crippen molar-refractivity contribution in [3.63, 3.8) is 0 Å². The first-order valence-electron chi connectivity index (χ1n) is 5.78. The van der Waals surface area contributed by atoms with E-state index in [4.69, 9.17) is 4.52 Å². The second-order valence-corrected chi connectivity index (χ2v) is 6.97. The van der Waals surface area contributed by atoms with Gasteiger partial charge in [0.2, 0.25) is 9.84 Å². The van der Waals surface area contributed by atoms with E-state index < -0.39 is 9.84 Å². The summed E-state index contributed by atoms with van der Waals surface area (Å²) in [5.41, 5.74) is 0.374. The molecular weight excluding hydrogens is 296 g/mol. The SMILES string of the molecule is O=S(=O)(Cc1cc(-c2cccs2)on1)c1ccccn1. The van der Waals surface area contributed by atoms with Crippen LogP contribution < -0.4 is 0 Å². The summed E-state index contributed by atoms with van der Waals surface area (Å²) in [5.74, 6) is 0.352. The molecule has 0 spiro atoms. The Labute approximate surface area is 119 Å². The summed E-state index contributed by atoms with van der Waals surface area (Å²) in [6.45, 7) is 0. The average Bonchev–Trinajstić information content (AvgIpc) is 3.10. The van der Waals surface area contributed by atoms with Gasteiger partial charge in [-0.25, -0.2) is 13.4 Å². The topological polar surface area (TPSA) is 73.1 Å². The number of sulfone groups is 1. The van der Waals surface area contributed by atoms with E-state index in [-0.39, 0.29) is 10.8 Å². The molecule has 3 heterocycles. The van der Waals surface area contributed by atoms with E-state index in [2.05, 4.69) is 10.1 Å². The molecular formula is C13H10N2O3S2. The molecule has 7 heteroatoms. The maximum Gasteiger partial charge on any atom is 0.201 e. The molecule has 0 unspecified atom stereocenters. The van der Waals surface area contributed by atoms with Gasteiger partial charge in [-0.2, -0.15) is 0 Å². The van der Waals surface area contributed by atoms with Gasteiger partial charge in [0, 0.05) is 12.3 Å². The Hall–Kier alpha value is -1.99. The van der Waals surface area contributed by atoms with Gasteiger partial charge < -0.3 is 4.52 Å². The van der Waals surface area contributed by atoms with E-state index >= 15 is 0 Å². The predicted octanol–water partition coefficient (Wildman–Crippen LogP) is 2.77. The number of hydrogen-bond acceptors (Lipinski definition) is 6. The number of rotatable bonds is 4. The zero-order chi connectivity index (χ0) is 14.0. The molecule has 0 fully saturated rings. The van der Waals surface area contributed by atoms with Crippen LogP contribution in [-0.2, 0) is 15.6 Å². The van der Waals surface area contributed by atoms with Crippen LogP contribution in [0.1, 0.15) is 5.69 Å². The van der Waals surface area contributed by atoms with Crippen molar-refractivity contribution in [1.82, 2.24) is 10.1 Å². The molecule has 0 aliphatic rings. The van der Waals surface area contributed by atoms with Crippen LogP contribution in [0, 0.1) is 0 Å². The monoisotopic (exact) mass is 306 g/mol. The molecule has 0 aliphatic heterocycles. The quantitative estimate of drug-likeness (QED) is 0.741. The van der Waals surface area contributed by atoms with Crippen LogP contribution in [0.5, 0.6) is 0 Å². The maximum absolute atomic E-state index is 12.2. The lowest BCUT2D eigenvalue weighted by Gasteiger charge is -1.99. The fourth-order valence-electron chi connectivity index (χ4n) is 1.71. The van der Waals surface area contributed by atoms with Crippen LogP contribution in [0.4, 0.5) is 0 Å². The highest BCUT2D eigenvalue weighted by Crippen LogP contribution is 2.26. The van der Waals surface area contributed by atoms with E-state index in [0.29, 0.717) is 11.5 Å². The largest absolute Gasteiger partial charge is 0.355 e. The van der Waals surface area contributed by atoms with E-state index in [1.165, 1.54) is 23.6 Å². The first kappa shape index (κ1) is 13.0. The Bertz CT molecular complexity index is 793. The summed E-state index contributed by atoms with van der Waals surface area (Å²) in [6.07, 6.45) is 1.45. The molecule has 0 aliphatic carbocycles. The van der Waals surface area contributed by atoms with Gasteiger partial charge in [-0.3, -0.25) is 0 Å². The van der Waals surface area contributed by atoms with E-state index in [9.17, 15) is 8.42 Å². The van der Waals surface area contributed by atoms with Crippen molar-refractivity contribution in [2.75, 3.05) is 0 Å². The molecule has 3 aromatic rings. The molecule has 3 aromatic heterocycles. The fourth-order valence-corrected chi connectivity index (χ4v) is 3.57. The minimum atomic E-state index is -3.50. The van der Waals surface area contributed by atoms with Crippen LogP contribution in [0.25, 0.3) is 10.6 Å². The Kier molecular flexibility index (Phi) is 3.37. The highest BCUT2D eigenvalue weighted by atomic mass is 32.2.